The number of rotatable bonds is 4. The standard InChI is InChI=1S/C9H15N3OS/c1-2-13-5-8(11-1)3-10-4-9-6-14-7-12-9/h6-8,10-11H,1-5H2. The van der Waals surface area contributed by atoms with Gasteiger partial charge in [0, 0.05) is 31.1 Å². The first-order valence-electron chi connectivity index (χ1n) is 4.84. The van der Waals surface area contributed by atoms with Gasteiger partial charge in [-0.05, 0) is 0 Å². The van der Waals surface area contributed by atoms with Gasteiger partial charge in [0.25, 0.3) is 0 Å². The van der Waals surface area contributed by atoms with Crippen molar-refractivity contribution in [3.8, 4) is 0 Å². The van der Waals surface area contributed by atoms with Crippen molar-refractivity contribution in [3.63, 3.8) is 0 Å². The van der Waals surface area contributed by atoms with E-state index in [0.29, 0.717) is 6.04 Å². The van der Waals surface area contributed by atoms with Gasteiger partial charge in [-0.2, -0.15) is 0 Å². The smallest absolute Gasteiger partial charge is 0.0795 e. The van der Waals surface area contributed by atoms with Crippen molar-refractivity contribution in [1.82, 2.24) is 15.6 Å². The van der Waals surface area contributed by atoms with Crippen LogP contribution in [0.4, 0.5) is 0 Å². The van der Waals surface area contributed by atoms with Crippen LogP contribution in [0.2, 0.25) is 0 Å². The highest BCUT2D eigenvalue weighted by Gasteiger charge is 2.11. The van der Waals surface area contributed by atoms with Gasteiger partial charge in [-0.1, -0.05) is 0 Å². The van der Waals surface area contributed by atoms with Gasteiger partial charge in [-0.3, -0.25) is 0 Å². The molecule has 14 heavy (non-hydrogen) atoms. The topological polar surface area (TPSA) is 46.2 Å². The lowest BCUT2D eigenvalue weighted by Gasteiger charge is -2.23. The highest BCUT2D eigenvalue weighted by Crippen LogP contribution is 2.00. The SMILES string of the molecule is c1nc(CNCC2COCCN2)cs1. The number of thiazole rings is 1. The molecule has 2 N–H and O–H groups in total. The molecule has 0 bridgehead atoms. The van der Waals surface area contributed by atoms with Crippen LogP contribution >= 0.6 is 11.3 Å². The molecule has 78 valence electrons. The van der Waals surface area contributed by atoms with Crippen LogP contribution in [0.15, 0.2) is 10.9 Å². The summed E-state index contributed by atoms with van der Waals surface area (Å²) in [6.07, 6.45) is 0. The number of morpholine rings is 1. The van der Waals surface area contributed by atoms with Crippen LogP contribution in [-0.2, 0) is 11.3 Å². The van der Waals surface area contributed by atoms with Crippen molar-refractivity contribution in [2.75, 3.05) is 26.3 Å². The monoisotopic (exact) mass is 213 g/mol. The van der Waals surface area contributed by atoms with Gasteiger partial charge in [-0.15, -0.1) is 11.3 Å². The van der Waals surface area contributed by atoms with Crippen LogP contribution in [-0.4, -0.2) is 37.3 Å². The Labute approximate surface area is 87.7 Å². The summed E-state index contributed by atoms with van der Waals surface area (Å²) in [7, 11) is 0. The second-order valence-corrected chi connectivity index (χ2v) is 4.06. The molecule has 2 rings (SSSR count). The number of ether oxygens (including phenoxy) is 1. The fourth-order valence-corrected chi connectivity index (χ4v) is 2.01. The van der Waals surface area contributed by atoms with E-state index < -0.39 is 0 Å². The Bertz CT molecular complexity index is 247. The second kappa shape index (κ2) is 5.41. The molecule has 0 aliphatic carbocycles. The van der Waals surface area contributed by atoms with Crippen LogP contribution in [0.3, 0.4) is 0 Å². The summed E-state index contributed by atoms with van der Waals surface area (Å²) in [6.45, 7) is 4.40. The Balaban J connectivity index is 1.62. The molecule has 1 fully saturated rings. The van der Waals surface area contributed by atoms with Gasteiger partial charge in [0.15, 0.2) is 0 Å². The van der Waals surface area contributed by atoms with Crippen molar-refractivity contribution in [1.29, 1.82) is 0 Å². The maximum atomic E-state index is 5.35. The maximum Gasteiger partial charge on any atom is 0.0795 e. The molecule has 0 amide bonds. The molecule has 0 radical (unpaired) electrons. The molecule has 1 aliphatic rings. The van der Waals surface area contributed by atoms with Gasteiger partial charge in [0.05, 0.1) is 24.4 Å². The molecule has 1 atom stereocenters. The first-order chi connectivity index (χ1) is 6.95. The molecule has 1 aliphatic heterocycles. The number of nitrogens with one attached hydrogen (secondary N) is 2. The molecular formula is C9H15N3OS. The van der Waals surface area contributed by atoms with Crippen LogP contribution in [0, 0.1) is 0 Å². The van der Waals surface area contributed by atoms with Crippen molar-refractivity contribution in [3.05, 3.63) is 16.6 Å². The molecule has 1 aromatic rings. The minimum Gasteiger partial charge on any atom is -0.378 e. The van der Waals surface area contributed by atoms with E-state index in [-0.39, 0.29) is 0 Å². The third-order valence-electron chi connectivity index (χ3n) is 2.18. The van der Waals surface area contributed by atoms with E-state index in [1.54, 1.807) is 11.3 Å². The van der Waals surface area contributed by atoms with Crippen molar-refractivity contribution in [2.45, 2.75) is 12.6 Å². The largest absolute Gasteiger partial charge is 0.378 e. The Morgan fingerprint density at radius 2 is 2.71 bits per heavy atom. The Hall–Kier alpha value is -0.490. The maximum absolute atomic E-state index is 5.35. The average molecular weight is 213 g/mol. The highest BCUT2D eigenvalue weighted by molar-refractivity contribution is 7.07. The molecule has 4 nitrogen and oxygen atoms in total. The van der Waals surface area contributed by atoms with E-state index in [1.165, 1.54) is 0 Å². The molecule has 5 heteroatoms. The summed E-state index contributed by atoms with van der Waals surface area (Å²) in [5.41, 5.74) is 2.98. The van der Waals surface area contributed by atoms with E-state index in [0.717, 1.165) is 38.5 Å². The lowest BCUT2D eigenvalue weighted by Crippen LogP contribution is -2.47. The van der Waals surface area contributed by atoms with Gasteiger partial charge in [-0.25, -0.2) is 4.98 Å². The zero-order chi connectivity index (χ0) is 9.64. The van der Waals surface area contributed by atoms with Crippen LogP contribution in [0.1, 0.15) is 5.69 Å². The van der Waals surface area contributed by atoms with Crippen molar-refractivity contribution >= 4 is 11.3 Å². The predicted octanol–water partition coefficient (Wildman–Crippen LogP) is 0.221. The van der Waals surface area contributed by atoms with Crippen LogP contribution < -0.4 is 10.6 Å². The number of aromatic nitrogens is 1. The molecule has 1 saturated heterocycles. The minimum absolute atomic E-state index is 0.447. The first kappa shape index (κ1) is 10.0. The molecular weight excluding hydrogens is 198 g/mol. The van der Waals surface area contributed by atoms with Gasteiger partial charge >= 0.3 is 0 Å². The summed E-state index contributed by atoms with van der Waals surface area (Å²) >= 11 is 1.63. The van der Waals surface area contributed by atoms with Crippen LogP contribution in [0.25, 0.3) is 0 Å². The molecule has 0 aromatic carbocycles. The van der Waals surface area contributed by atoms with Crippen molar-refractivity contribution in [2.24, 2.45) is 0 Å². The molecule has 1 aromatic heterocycles. The van der Waals surface area contributed by atoms with Gasteiger partial charge in [0.1, 0.15) is 0 Å². The van der Waals surface area contributed by atoms with E-state index in [1.807, 2.05) is 5.51 Å². The zero-order valence-corrected chi connectivity index (χ0v) is 8.85. The number of hydrogen-bond acceptors (Lipinski definition) is 5. The van der Waals surface area contributed by atoms with Crippen molar-refractivity contribution < 1.29 is 4.74 Å². The Kier molecular flexibility index (Phi) is 3.88. The minimum atomic E-state index is 0.447. The molecule has 1 unspecified atom stereocenters. The van der Waals surface area contributed by atoms with E-state index in [9.17, 15) is 0 Å². The molecule has 0 spiro atoms. The lowest BCUT2D eigenvalue weighted by atomic mass is 10.3. The molecule has 2 heterocycles. The highest BCUT2D eigenvalue weighted by atomic mass is 32.1. The zero-order valence-electron chi connectivity index (χ0n) is 8.03. The summed E-state index contributed by atoms with van der Waals surface area (Å²) in [5, 5.41) is 8.82. The number of nitrogens with zero attached hydrogens (tertiary/aromatic N) is 1. The van der Waals surface area contributed by atoms with Gasteiger partial charge < -0.3 is 15.4 Å². The summed E-state index contributed by atoms with van der Waals surface area (Å²) in [5.74, 6) is 0. The predicted molar refractivity (Wildman–Crippen MR) is 56.4 cm³/mol. The van der Waals surface area contributed by atoms with E-state index >= 15 is 0 Å². The third kappa shape index (κ3) is 3.02. The number of hydrogen-bond donors (Lipinski definition) is 2. The average Bonchev–Trinajstić information content (AvgIpc) is 2.72. The lowest BCUT2D eigenvalue weighted by molar-refractivity contribution is 0.0766. The fraction of sp³-hybridized carbons (Fsp3) is 0.667. The summed E-state index contributed by atoms with van der Waals surface area (Å²) in [6, 6.07) is 0.447. The summed E-state index contributed by atoms with van der Waals surface area (Å²) in [4.78, 5) is 4.20. The normalized spacial score (nSPS) is 22.4. The quantitative estimate of drug-likeness (QED) is 0.751. The van der Waals surface area contributed by atoms with Gasteiger partial charge in [0.2, 0.25) is 0 Å². The van der Waals surface area contributed by atoms with E-state index in [4.69, 9.17) is 4.74 Å². The Morgan fingerprint density at radius 3 is 3.43 bits per heavy atom. The van der Waals surface area contributed by atoms with Crippen LogP contribution in [0.5, 0.6) is 0 Å². The second-order valence-electron chi connectivity index (χ2n) is 3.34. The summed E-state index contributed by atoms with van der Waals surface area (Å²) < 4.78 is 5.35. The molecule has 0 saturated carbocycles. The third-order valence-corrected chi connectivity index (χ3v) is 2.81. The fourth-order valence-electron chi connectivity index (χ4n) is 1.45. The Morgan fingerprint density at radius 1 is 1.71 bits per heavy atom. The van der Waals surface area contributed by atoms with E-state index in [2.05, 4.69) is 21.0 Å². The first-order valence-corrected chi connectivity index (χ1v) is 5.78.